The lowest BCUT2D eigenvalue weighted by Crippen LogP contribution is -2.38. The molecule has 0 aliphatic rings. The van der Waals surface area contributed by atoms with Crippen molar-refractivity contribution in [3.05, 3.63) is 91.4 Å². The molecule has 0 bridgehead atoms. The Morgan fingerprint density at radius 1 is 0.690 bits per heavy atom. The maximum Gasteiger partial charge on any atom is 0.283 e. The molecule has 0 fully saturated rings. The highest BCUT2D eigenvalue weighted by molar-refractivity contribution is 7.87. The molecular weight excluding hydrogens is 482 g/mol. The van der Waals surface area contributed by atoms with Crippen molar-refractivity contribution in [3.8, 4) is 11.5 Å². The van der Waals surface area contributed by atoms with Gasteiger partial charge in [0.2, 0.25) is 0 Å². The van der Waals surface area contributed by atoms with Crippen molar-refractivity contribution in [2.45, 2.75) is 4.75 Å². The average Bonchev–Trinajstić information content (AvgIpc) is 2.63. The molecule has 10 heteroatoms. The third-order valence-electron chi connectivity index (χ3n) is 4.43. The van der Waals surface area contributed by atoms with Crippen LogP contribution in [-0.4, -0.2) is 23.2 Å². The Hall–Kier alpha value is -1.67. The molecule has 0 heterocycles. The van der Waals surface area contributed by atoms with E-state index in [1.165, 1.54) is 36.4 Å². The van der Waals surface area contributed by atoms with Crippen molar-refractivity contribution in [3.63, 3.8) is 0 Å². The Morgan fingerprint density at radius 2 is 1.21 bits per heavy atom. The highest BCUT2D eigenvalue weighted by Gasteiger charge is 2.51. The second-order valence-electron chi connectivity index (χ2n) is 6.06. The summed E-state index contributed by atoms with van der Waals surface area (Å²) in [6, 6.07) is 12.1. The van der Waals surface area contributed by atoms with Crippen LogP contribution in [0.25, 0.3) is 0 Å². The van der Waals surface area contributed by atoms with Crippen LogP contribution in [0.2, 0.25) is 20.1 Å². The average molecular weight is 494 g/mol. The van der Waals surface area contributed by atoms with Crippen LogP contribution >= 0.6 is 46.4 Å². The number of para-hydroxylation sites is 1. The Labute approximate surface area is 186 Å². The second kappa shape index (κ2) is 7.87. The van der Waals surface area contributed by atoms with Crippen molar-refractivity contribution in [1.29, 1.82) is 0 Å². The normalized spacial score (nSPS) is 13.8. The molecule has 0 amide bonds. The van der Waals surface area contributed by atoms with Gasteiger partial charge in [0.1, 0.15) is 5.75 Å². The quantitative estimate of drug-likeness (QED) is 0.311. The molecule has 1 unspecified atom stereocenters. The van der Waals surface area contributed by atoms with Gasteiger partial charge in [-0.1, -0.05) is 76.7 Å². The van der Waals surface area contributed by atoms with Gasteiger partial charge in [-0.3, -0.25) is 4.55 Å². The van der Waals surface area contributed by atoms with Crippen LogP contribution in [-0.2, 0) is 14.9 Å². The Kier molecular flexibility index (Phi) is 5.98. The lowest BCUT2D eigenvalue weighted by atomic mass is 9.83. The van der Waals surface area contributed by atoms with Crippen molar-refractivity contribution >= 4 is 56.5 Å². The molecular formula is C19H12Cl4O5S. The van der Waals surface area contributed by atoms with E-state index in [0.717, 1.165) is 12.1 Å². The summed E-state index contributed by atoms with van der Waals surface area (Å²) in [5, 5.41) is 19.8. The van der Waals surface area contributed by atoms with Crippen molar-refractivity contribution in [2.24, 2.45) is 0 Å². The van der Waals surface area contributed by atoms with Crippen LogP contribution in [0.3, 0.4) is 0 Å². The predicted molar refractivity (Wildman–Crippen MR) is 114 cm³/mol. The molecule has 3 aromatic carbocycles. The molecule has 152 valence electrons. The number of phenols is 2. The highest BCUT2D eigenvalue weighted by atomic mass is 35.5. The van der Waals surface area contributed by atoms with Gasteiger partial charge in [-0.05, 0) is 29.8 Å². The fourth-order valence-electron chi connectivity index (χ4n) is 3.20. The van der Waals surface area contributed by atoms with Crippen LogP contribution < -0.4 is 0 Å². The van der Waals surface area contributed by atoms with Gasteiger partial charge in [-0.25, -0.2) is 0 Å². The summed E-state index contributed by atoms with van der Waals surface area (Å²) in [6.07, 6.45) is 0. The monoisotopic (exact) mass is 492 g/mol. The number of phenolic OH excluding ortho intramolecular Hbond substituents is 2. The topological polar surface area (TPSA) is 94.8 Å². The maximum absolute atomic E-state index is 13.0. The van der Waals surface area contributed by atoms with Gasteiger partial charge in [0.25, 0.3) is 10.1 Å². The van der Waals surface area contributed by atoms with Gasteiger partial charge < -0.3 is 10.2 Å². The summed E-state index contributed by atoms with van der Waals surface area (Å²) in [4.78, 5) is 0. The largest absolute Gasteiger partial charge is 0.506 e. The zero-order valence-electron chi connectivity index (χ0n) is 14.3. The number of benzene rings is 3. The van der Waals surface area contributed by atoms with Crippen molar-refractivity contribution < 1.29 is 23.2 Å². The van der Waals surface area contributed by atoms with Crippen molar-refractivity contribution in [2.75, 3.05) is 0 Å². The molecule has 0 spiro atoms. The molecule has 0 saturated heterocycles. The summed E-state index contributed by atoms with van der Waals surface area (Å²) in [5.74, 6) is -1.07. The first-order chi connectivity index (χ1) is 13.5. The number of halogens is 4. The molecule has 0 saturated carbocycles. The molecule has 3 rings (SSSR count). The van der Waals surface area contributed by atoms with Crippen LogP contribution in [0.5, 0.6) is 11.5 Å². The van der Waals surface area contributed by atoms with E-state index in [2.05, 4.69) is 0 Å². The van der Waals surface area contributed by atoms with Gasteiger partial charge >= 0.3 is 0 Å². The lowest BCUT2D eigenvalue weighted by Gasteiger charge is -2.34. The molecule has 3 aromatic rings. The fraction of sp³-hybridized carbons (Fsp3) is 0.0526. The van der Waals surface area contributed by atoms with Crippen LogP contribution in [0.15, 0.2) is 54.6 Å². The van der Waals surface area contributed by atoms with Gasteiger partial charge in [0.15, 0.2) is 10.5 Å². The summed E-state index contributed by atoms with van der Waals surface area (Å²) >= 11 is 24.4. The molecule has 29 heavy (non-hydrogen) atoms. The van der Waals surface area contributed by atoms with E-state index in [9.17, 15) is 23.2 Å². The van der Waals surface area contributed by atoms with E-state index in [1.54, 1.807) is 6.07 Å². The highest BCUT2D eigenvalue weighted by Crippen LogP contribution is 2.52. The molecule has 5 nitrogen and oxygen atoms in total. The minimum absolute atomic E-state index is 0.0233. The summed E-state index contributed by atoms with van der Waals surface area (Å²) in [7, 11) is -5.10. The van der Waals surface area contributed by atoms with Crippen LogP contribution in [0.4, 0.5) is 0 Å². The molecule has 1 atom stereocenters. The molecule has 0 radical (unpaired) electrons. The van der Waals surface area contributed by atoms with Gasteiger partial charge in [-0.15, -0.1) is 0 Å². The van der Waals surface area contributed by atoms with E-state index >= 15 is 0 Å². The van der Waals surface area contributed by atoms with E-state index in [-0.39, 0.29) is 36.8 Å². The third-order valence-corrected chi connectivity index (χ3v) is 7.09. The number of hydrogen-bond acceptors (Lipinski definition) is 4. The van der Waals surface area contributed by atoms with E-state index in [0.29, 0.717) is 0 Å². The van der Waals surface area contributed by atoms with Crippen LogP contribution in [0, 0.1) is 0 Å². The molecule has 0 aliphatic carbocycles. The number of aromatic hydroxyl groups is 2. The second-order valence-corrected chi connectivity index (χ2v) is 9.25. The van der Waals surface area contributed by atoms with Crippen LogP contribution in [0.1, 0.15) is 16.7 Å². The fourth-order valence-corrected chi connectivity index (χ4v) is 5.51. The first-order valence-electron chi connectivity index (χ1n) is 7.90. The Balaban J connectivity index is 2.63. The van der Waals surface area contributed by atoms with E-state index in [1.807, 2.05) is 0 Å². The number of hydrogen-bond donors (Lipinski definition) is 3. The predicted octanol–water partition coefficient (Wildman–Crippen LogP) is 5.89. The summed E-state index contributed by atoms with van der Waals surface area (Å²) in [5.41, 5.74) is -0.531. The van der Waals surface area contributed by atoms with E-state index < -0.39 is 26.4 Å². The lowest BCUT2D eigenvalue weighted by molar-refractivity contribution is 0.440. The first-order valence-corrected chi connectivity index (χ1v) is 10.9. The minimum Gasteiger partial charge on any atom is -0.506 e. The molecule has 0 aliphatic heterocycles. The minimum atomic E-state index is -5.10. The van der Waals surface area contributed by atoms with Gasteiger partial charge in [0.05, 0.1) is 15.1 Å². The zero-order valence-corrected chi connectivity index (χ0v) is 18.1. The van der Waals surface area contributed by atoms with Gasteiger partial charge in [0, 0.05) is 16.1 Å². The smallest absolute Gasteiger partial charge is 0.283 e. The molecule has 0 aromatic heterocycles. The summed E-state index contributed by atoms with van der Waals surface area (Å²) in [6.45, 7) is 0. The Bertz CT molecular complexity index is 1190. The summed E-state index contributed by atoms with van der Waals surface area (Å²) < 4.78 is 34.0. The van der Waals surface area contributed by atoms with Crippen molar-refractivity contribution in [1.82, 2.24) is 0 Å². The molecule has 3 N–H and O–H groups in total. The standard InChI is InChI=1S/C19H12Cl4O5S/c20-13-6-2-1-4-11(13)19(29(26,27)28,12-5-3-7-14(21)17(12)24)10-8-15(22)18(25)16(23)9-10/h1-9,24-25H,(H,26,27,28). The maximum atomic E-state index is 13.0. The first kappa shape index (κ1) is 22.0. The van der Waals surface area contributed by atoms with Gasteiger partial charge in [-0.2, -0.15) is 8.42 Å². The SMILES string of the molecule is O=S(=O)(O)C(c1cc(Cl)c(O)c(Cl)c1)(c1ccccc1Cl)c1cccc(Cl)c1O. The Morgan fingerprint density at radius 3 is 1.76 bits per heavy atom. The zero-order chi connectivity index (χ0) is 21.6. The third kappa shape index (κ3) is 3.54. The number of rotatable bonds is 4. The van der Waals surface area contributed by atoms with E-state index in [4.69, 9.17) is 46.4 Å².